The Hall–Kier alpha value is -0.303. The van der Waals surface area contributed by atoms with Gasteiger partial charge in [-0.15, -0.1) is 0 Å². The van der Waals surface area contributed by atoms with Crippen molar-refractivity contribution in [3.05, 3.63) is 0 Å². The zero-order chi connectivity index (χ0) is 11.4. The number of hydrogen-bond acceptors (Lipinski definition) is 3. The summed E-state index contributed by atoms with van der Waals surface area (Å²) >= 11 is 8.38. The van der Waals surface area contributed by atoms with Crippen molar-refractivity contribution in [2.45, 2.75) is 18.9 Å². The van der Waals surface area contributed by atoms with Gasteiger partial charge in [-0.1, -0.05) is 6.42 Å². The fourth-order valence-corrected chi connectivity index (χ4v) is 1.86. The first kappa shape index (κ1) is 16.1. The van der Waals surface area contributed by atoms with Gasteiger partial charge in [0.15, 0.2) is 9.76 Å². The highest BCUT2D eigenvalue weighted by Gasteiger charge is 1.96. The predicted molar refractivity (Wildman–Crippen MR) is 56.3 cm³/mol. The number of halogens is 2. The molecule has 1 heterocycles. The van der Waals surface area contributed by atoms with Crippen molar-refractivity contribution >= 4 is 43.8 Å². The van der Waals surface area contributed by atoms with E-state index in [2.05, 4.69) is 23.2 Å². The van der Waals surface area contributed by atoms with Crippen LogP contribution in [0.1, 0.15) is 12.8 Å². The van der Waals surface area contributed by atoms with Gasteiger partial charge in [-0.25, -0.2) is 9.59 Å². The molecule has 0 aromatic rings. The zero-order valence-electron chi connectivity index (χ0n) is 7.41. The first-order valence-electron chi connectivity index (χ1n) is 3.81. The first-order chi connectivity index (χ1) is 6.46. The molecule has 1 aliphatic heterocycles. The molecule has 0 amide bonds. The molecule has 0 radical (unpaired) electrons. The molecule has 1 saturated heterocycles. The summed E-state index contributed by atoms with van der Waals surface area (Å²) in [4.78, 5) is 17.5. The fourth-order valence-electron chi connectivity index (χ4n) is 0.687. The van der Waals surface area contributed by atoms with Crippen molar-refractivity contribution in [1.82, 2.24) is 0 Å². The normalized spacial score (nSPS) is 15.6. The van der Waals surface area contributed by atoms with Crippen LogP contribution in [0.4, 0.5) is 9.59 Å². The largest absolute Gasteiger partial charge is 0.469 e. The fraction of sp³-hybridized carbons (Fsp3) is 0.667. The maximum atomic E-state index is 8.77. The van der Waals surface area contributed by atoms with E-state index >= 15 is 0 Å². The second kappa shape index (κ2) is 12.7. The van der Waals surface area contributed by atoms with Crippen molar-refractivity contribution in [3.8, 4) is 0 Å². The van der Waals surface area contributed by atoms with Crippen LogP contribution in [0.5, 0.6) is 0 Å². The molecule has 0 aromatic carbocycles. The lowest BCUT2D eigenvalue weighted by molar-refractivity contribution is 0.219. The van der Waals surface area contributed by atoms with Crippen LogP contribution in [0.3, 0.4) is 0 Å². The van der Waals surface area contributed by atoms with Gasteiger partial charge in [0, 0.05) is 29.8 Å². The Balaban J connectivity index is 0. The minimum absolute atomic E-state index is 0.00849. The van der Waals surface area contributed by atoms with Gasteiger partial charge in [-0.05, 0) is 12.5 Å². The highest BCUT2D eigenvalue weighted by Crippen LogP contribution is 2.01. The van der Waals surface area contributed by atoms with E-state index in [9.17, 15) is 0 Å². The van der Waals surface area contributed by atoms with Crippen molar-refractivity contribution in [1.29, 1.82) is 0 Å². The lowest BCUT2D eigenvalue weighted by Crippen LogP contribution is -2.06. The van der Waals surface area contributed by atoms with Gasteiger partial charge >= 0.3 is 10.9 Å². The van der Waals surface area contributed by atoms with E-state index in [0.29, 0.717) is 0 Å². The summed E-state index contributed by atoms with van der Waals surface area (Å²) in [6.45, 7) is 1.06. The molecule has 1 rings (SSSR count). The topological polar surface area (TPSA) is 83.8 Å². The van der Waals surface area contributed by atoms with Gasteiger partial charge < -0.3 is 14.6 Å². The second-order valence-electron chi connectivity index (χ2n) is 2.18. The third-order valence-electron chi connectivity index (χ3n) is 1.08. The number of carboxylic acid groups (broad SMARTS) is 2. The quantitative estimate of drug-likeness (QED) is 0.516. The van der Waals surface area contributed by atoms with Crippen molar-refractivity contribution < 1.29 is 24.2 Å². The smallest absolute Gasteiger partial charge is 0.401 e. The Morgan fingerprint density at radius 2 is 1.57 bits per heavy atom. The van der Waals surface area contributed by atoms with Gasteiger partial charge in [0.2, 0.25) is 0 Å². The molecule has 14 heavy (non-hydrogen) atoms. The molecule has 0 atom stereocenters. The van der Waals surface area contributed by atoms with E-state index in [-0.39, 0.29) is 9.76 Å². The van der Waals surface area contributed by atoms with E-state index in [1.807, 2.05) is 0 Å². The Bertz CT molecular complexity index is 131. The number of hydrogen-bond donors (Lipinski definition) is 2. The van der Waals surface area contributed by atoms with Crippen LogP contribution in [0.25, 0.3) is 0 Å². The van der Waals surface area contributed by atoms with Crippen LogP contribution in [-0.4, -0.2) is 37.4 Å². The van der Waals surface area contributed by atoms with Crippen LogP contribution in [0.2, 0.25) is 6.04 Å². The summed E-state index contributed by atoms with van der Waals surface area (Å²) in [7, 11) is 0.00849. The molecular weight excluding hydrogens is 251 g/mol. The molecule has 2 N–H and O–H groups in total. The van der Waals surface area contributed by atoms with Crippen molar-refractivity contribution in [2.24, 2.45) is 0 Å². The minimum Gasteiger partial charge on any atom is -0.469 e. The zero-order valence-corrected chi connectivity index (χ0v) is 10.3. The van der Waals surface area contributed by atoms with Gasteiger partial charge in [0.1, 0.15) is 0 Å². The third kappa shape index (κ3) is 41.2. The average molecular weight is 263 g/mol. The molecule has 8 heteroatoms. The molecule has 0 aliphatic carbocycles. The Morgan fingerprint density at radius 3 is 1.64 bits per heavy atom. The molecule has 1 aliphatic rings. The molecule has 5 nitrogen and oxygen atoms in total. The third-order valence-corrected chi connectivity index (χ3v) is 2.44. The van der Waals surface area contributed by atoms with Crippen LogP contribution in [0, 0.1) is 0 Å². The van der Waals surface area contributed by atoms with E-state index in [4.69, 9.17) is 24.2 Å². The van der Waals surface area contributed by atoms with Crippen LogP contribution in [-0.2, 0) is 4.43 Å². The van der Waals surface area contributed by atoms with Crippen molar-refractivity contribution in [2.75, 3.05) is 6.61 Å². The highest BCUT2D eigenvalue weighted by molar-refractivity contribution is 6.60. The number of rotatable bonds is 0. The standard InChI is InChI=1S/C4H10OSi.2CHClO2/c1-2-4-6-5-3-1;2*2-1(3)4/h1-4,6H2;2*(H,3,4). The van der Waals surface area contributed by atoms with Gasteiger partial charge in [0.05, 0.1) is 0 Å². The van der Waals surface area contributed by atoms with Gasteiger partial charge in [-0.3, -0.25) is 0 Å². The Morgan fingerprint density at radius 1 is 1.14 bits per heavy atom. The highest BCUT2D eigenvalue weighted by atomic mass is 35.5. The van der Waals surface area contributed by atoms with Gasteiger partial charge in [-0.2, -0.15) is 0 Å². The summed E-state index contributed by atoms with van der Waals surface area (Å²) in [6, 6.07) is 1.42. The molecule has 0 spiro atoms. The minimum atomic E-state index is -1.36. The van der Waals surface area contributed by atoms with E-state index in [1.165, 1.54) is 18.9 Å². The first-order valence-corrected chi connectivity index (χ1v) is 6.14. The second-order valence-corrected chi connectivity index (χ2v) is 4.35. The SMILES string of the molecule is C1CC[SiH2]OC1.O=C(O)Cl.O=C(O)Cl. The molecule has 0 bridgehead atoms. The number of carbonyl (C=O) groups is 2. The molecular formula is C6H12Cl2O5Si. The van der Waals surface area contributed by atoms with Crippen LogP contribution >= 0.6 is 23.2 Å². The lowest BCUT2D eigenvalue weighted by atomic mass is 10.4. The van der Waals surface area contributed by atoms with Gasteiger partial charge in [0.25, 0.3) is 0 Å². The maximum Gasteiger partial charge on any atom is 0.401 e. The summed E-state index contributed by atoms with van der Waals surface area (Å²) < 4.78 is 5.21. The lowest BCUT2D eigenvalue weighted by Gasteiger charge is -2.07. The van der Waals surface area contributed by atoms with Crippen LogP contribution < -0.4 is 0 Å². The Labute approximate surface area is 93.9 Å². The van der Waals surface area contributed by atoms with E-state index in [0.717, 1.165) is 6.61 Å². The summed E-state index contributed by atoms with van der Waals surface area (Å²) in [5.74, 6) is 0. The molecule has 0 unspecified atom stereocenters. The Kier molecular flexibility index (Phi) is 14.6. The van der Waals surface area contributed by atoms with Crippen molar-refractivity contribution in [3.63, 3.8) is 0 Å². The molecule has 84 valence electrons. The van der Waals surface area contributed by atoms with E-state index in [1.54, 1.807) is 0 Å². The molecule has 0 saturated carbocycles. The summed E-state index contributed by atoms with van der Waals surface area (Å²) in [5, 5.41) is 14.4. The predicted octanol–water partition coefficient (Wildman–Crippen LogP) is 2.11. The average Bonchev–Trinajstić information content (AvgIpc) is 2.05. The molecule has 1 fully saturated rings. The van der Waals surface area contributed by atoms with E-state index < -0.39 is 10.9 Å². The van der Waals surface area contributed by atoms with Crippen LogP contribution in [0.15, 0.2) is 0 Å². The molecule has 0 aromatic heterocycles. The summed E-state index contributed by atoms with van der Waals surface area (Å²) in [6.07, 6.45) is 2.75. The summed E-state index contributed by atoms with van der Waals surface area (Å²) in [5.41, 5.74) is -2.72. The maximum absolute atomic E-state index is 8.77. The monoisotopic (exact) mass is 262 g/mol.